The molecule has 4 nitrogen and oxygen atoms in total. The highest BCUT2D eigenvalue weighted by molar-refractivity contribution is 5.82. The lowest BCUT2D eigenvalue weighted by molar-refractivity contribution is -0.133. The quantitative estimate of drug-likeness (QED) is 0.764. The van der Waals surface area contributed by atoms with E-state index in [9.17, 15) is 4.79 Å². The van der Waals surface area contributed by atoms with Crippen molar-refractivity contribution in [2.24, 2.45) is 5.41 Å². The van der Waals surface area contributed by atoms with Gasteiger partial charge in [-0.15, -0.1) is 0 Å². The van der Waals surface area contributed by atoms with Gasteiger partial charge in [0.25, 0.3) is 0 Å². The van der Waals surface area contributed by atoms with Crippen LogP contribution in [-0.4, -0.2) is 49.6 Å². The third-order valence-corrected chi connectivity index (χ3v) is 5.10. The number of amides is 1. The van der Waals surface area contributed by atoms with Crippen molar-refractivity contribution < 1.29 is 4.79 Å². The molecular weight excluding hydrogens is 238 g/mol. The lowest BCUT2D eigenvalue weighted by Gasteiger charge is -2.36. The molecule has 0 aromatic carbocycles. The highest BCUT2D eigenvalue weighted by Gasteiger charge is 2.38. The first-order valence-corrected chi connectivity index (χ1v) is 7.80. The molecule has 1 amide bonds. The molecule has 1 aliphatic heterocycles. The fraction of sp³-hybridized carbons (Fsp3) is 0.933. The largest absolute Gasteiger partial charge is 0.354 e. The Morgan fingerprint density at radius 2 is 2.05 bits per heavy atom. The summed E-state index contributed by atoms with van der Waals surface area (Å²) in [4.78, 5) is 14.9. The summed E-state index contributed by atoms with van der Waals surface area (Å²) in [6, 6.07) is 1.19. The zero-order chi connectivity index (χ0) is 13.9. The van der Waals surface area contributed by atoms with E-state index < -0.39 is 0 Å². The van der Waals surface area contributed by atoms with Gasteiger partial charge in [0.2, 0.25) is 5.91 Å². The normalized spacial score (nSPS) is 24.2. The SMILES string of the molecule is CCC1(C(=O)NCC(C)N(C)C2CC2)CCNCC1. The van der Waals surface area contributed by atoms with Gasteiger partial charge in [0.1, 0.15) is 0 Å². The minimum Gasteiger partial charge on any atom is -0.354 e. The third-order valence-electron chi connectivity index (χ3n) is 5.10. The smallest absolute Gasteiger partial charge is 0.226 e. The molecule has 0 bridgehead atoms. The molecule has 2 fully saturated rings. The van der Waals surface area contributed by atoms with Crippen molar-refractivity contribution in [3.63, 3.8) is 0 Å². The van der Waals surface area contributed by atoms with E-state index in [4.69, 9.17) is 0 Å². The van der Waals surface area contributed by atoms with Crippen LogP contribution in [0.3, 0.4) is 0 Å². The Hall–Kier alpha value is -0.610. The molecule has 1 heterocycles. The van der Waals surface area contributed by atoms with Gasteiger partial charge in [0.05, 0.1) is 5.41 Å². The predicted octanol–water partition coefficient (Wildman–Crippen LogP) is 1.37. The van der Waals surface area contributed by atoms with Gasteiger partial charge in [-0.3, -0.25) is 9.69 Å². The zero-order valence-corrected chi connectivity index (χ0v) is 12.7. The van der Waals surface area contributed by atoms with Crippen LogP contribution in [0.15, 0.2) is 0 Å². The van der Waals surface area contributed by atoms with E-state index in [0.29, 0.717) is 6.04 Å². The Balaban J connectivity index is 1.81. The fourth-order valence-corrected chi connectivity index (χ4v) is 3.06. The standard InChI is InChI=1S/C15H29N3O/c1-4-15(7-9-16-10-8-15)14(19)17-11-12(2)18(3)13-5-6-13/h12-13,16H,4-11H2,1-3H3,(H,17,19). The second-order valence-corrected chi connectivity index (χ2v) is 6.34. The average molecular weight is 267 g/mol. The predicted molar refractivity (Wildman–Crippen MR) is 78.1 cm³/mol. The van der Waals surface area contributed by atoms with Crippen molar-refractivity contribution in [2.45, 2.75) is 58.0 Å². The van der Waals surface area contributed by atoms with Crippen molar-refractivity contribution in [1.82, 2.24) is 15.5 Å². The van der Waals surface area contributed by atoms with Gasteiger partial charge in [-0.25, -0.2) is 0 Å². The van der Waals surface area contributed by atoms with E-state index in [2.05, 4.69) is 36.4 Å². The molecule has 19 heavy (non-hydrogen) atoms. The van der Waals surface area contributed by atoms with E-state index in [1.807, 2.05) is 0 Å². The number of nitrogens with one attached hydrogen (secondary N) is 2. The first-order valence-electron chi connectivity index (χ1n) is 7.80. The van der Waals surface area contributed by atoms with Crippen LogP contribution in [-0.2, 0) is 4.79 Å². The second kappa shape index (κ2) is 6.23. The number of rotatable bonds is 6. The minimum atomic E-state index is -0.122. The highest BCUT2D eigenvalue weighted by atomic mass is 16.2. The van der Waals surface area contributed by atoms with Crippen LogP contribution in [0, 0.1) is 5.41 Å². The molecule has 1 saturated heterocycles. The molecule has 0 aromatic heterocycles. The van der Waals surface area contributed by atoms with Crippen LogP contribution in [0.4, 0.5) is 0 Å². The number of hydrogen-bond donors (Lipinski definition) is 2. The number of likely N-dealkylation sites (N-methyl/N-ethyl adjacent to an activating group) is 1. The highest BCUT2D eigenvalue weighted by Crippen LogP contribution is 2.32. The van der Waals surface area contributed by atoms with E-state index in [-0.39, 0.29) is 11.3 Å². The fourth-order valence-electron chi connectivity index (χ4n) is 3.06. The van der Waals surface area contributed by atoms with Crippen molar-refractivity contribution in [1.29, 1.82) is 0 Å². The third kappa shape index (κ3) is 3.48. The maximum absolute atomic E-state index is 12.5. The van der Waals surface area contributed by atoms with E-state index in [0.717, 1.165) is 44.9 Å². The summed E-state index contributed by atoms with van der Waals surface area (Å²) in [7, 11) is 2.18. The van der Waals surface area contributed by atoms with Gasteiger partial charge in [-0.2, -0.15) is 0 Å². The molecule has 0 spiro atoms. The summed E-state index contributed by atoms with van der Waals surface area (Å²) in [5.74, 6) is 0.271. The van der Waals surface area contributed by atoms with Crippen LogP contribution in [0.2, 0.25) is 0 Å². The summed E-state index contributed by atoms with van der Waals surface area (Å²) in [5.41, 5.74) is -0.122. The summed E-state index contributed by atoms with van der Waals surface area (Å²) in [5, 5.41) is 6.55. The van der Waals surface area contributed by atoms with Crippen LogP contribution >= 0.6 is 0 Å². The molecule has 1 unspecified atom stereocenters. The van der Waals surface area contributed by atoms with Crippen LogP contribution < -0.4 is 10.6 Å². The Kier molecular flexibility index (Phi) is 4.85. The number of nitrogens with zero attached hydrogens (tertiary/aromatic N) is 1. The molecule has 110 valence electrons. The number of piperidine rings is 1. The molecule has 1 atom stereocenters. The Labute approximate surface area is 117 Å². The zero-order valence-electron chi connectivity index (χ0n) is 12.7. The van der Waals surface area contributed by atoms with Crippen molar-refractivity contribution >= 4 is 5.91 Å². The van der Waals surface area contributed by atoms with E-state index in [1.54, 1.807) is 0 Å². The van der Waals surface area contributed by atoms with Crippen LogP contribution in [0.5, 0.6) is 0 Å². The molecule has 0 radical (unpaired) electrons. The first-order chi connectivity index (χ1) is 9.09. The molecule has 0 aromatic rings. The summed E-state index contributed by atoms with van der Waals surface area (Å²) in [6.45, 7) is 7.07. The molecule has 1 saturated carbocycles. The Bertz CT molecular complexity index is 309. The van der Waals surface area contributed by atoms with Gasteiger partial charge in [0.15, 0.2) is 0 Å². The van der Waals surface area contributed by atoms with Gasteiger partial charge in [0, 0.05) is 18.6 Å². The number of carbonyl (C=O) groups excluding carboxylic acids is 1. The molecule has 2 aliphatic rings. The number of hydrogen-bond acceptors (Lipinski definition) is 3. The van der Waals surface area contributed by atoms with Gasteiger partial charge in [-0.05, 0) is 59.2 Å². The Morgan fingerprint density at radius 3 is 2.58 bits per heavy atom. The van der Waals surface area contributed by atoms with E-state index >= 15 is 0 Å². The maximum Gasteiger partial charge on any atom is 0.226 e. The monoisotopic (exact) mass is 267 g/mol. The van der Waals surface area contributed by atoms with Crippen molar-refractivity contribution in [3.8, 4) is 0 Å². The van der Waals surface area contributed by atoms with Gasteiger partial charge in [-0.1, -0.05) is 6.92 Å². The second-order valence-electron chi connectivity index (χ2n) is 6.34. The minimum absolute atomic E-state index is 0.122. The van der Waals surface area contributed by atoms with Gasteiger partial charge >= 0.3 is 0 Å². The molecule has 4 heteroatoms. The van der Waals surface area contributed by atoms with Crippen LogP contribution in [0.25, 0.3) is 0 Å². The maximum atomic E-state index is 12.5. The number of carbonyl (C=O) groups is 1. The average Bonchev–Trinajstić information content (AvgIpc) is 3.28. The van der Waals surface area contributed by atoms with E-state index in [1.165, 1.54) is 12.8 Å². The summed E-state index contributed by atoms with van der Waals surface area (Å²) >= 11 is 0. The first kappa shape index (κ1) is 14.8. The Morgan fingerprint density at radius 1 is 1.42 bits per heavy atom. The molecule has 2 N–H and O–H groups in total. The van der Waals surface area contributed by atoms with Crippen molar-refractivity contribution in [3.05, 3.63) is 0 Å². The summed E-state index contributed by atoms with van der Waals surface area (Å²) < 4.78 is 0. The molecule has 1 aliphatic carbocycles. The van der Waals surface area contributed by atoms with Crippen LogP contribution in [0.1, 0.15) is 46.0 Å². The lowest BCUT2D eigenvalue weighted by atomic mass is 9.76. The summed E-state index contributed by atoms with van der Waals surface area (Å²) in [6.07, 6.45) is 5.54. The van der Waals surface area contributed by atoms with Crippen molar-refractivity contribution in [2.75, 3.05) is 26.7 Å². The lowest BCUT2D eigenvalue weighted by Crippen LogP contribution is -2.50. The molecular formula is C15H29N3O. The molecule has 2 rings (SSSR count). The van der Waals surface area contributed by atoms with Gasteiger partial charge < -0.3 is 10.6 Å². The topological polar surface area (TPSA) is 44.4 Å².